The number of hydrogen-bond acceptors (Lipinski definition) is 5. The molecule has 2 amide bonds. The molecule has 2 aromatic heterocycles. The molecule has 0 saturated carbocycles. The number of piperidine rings is 1. The lowest BCUT2D eigenvalue weighted by atomic mass is 10.1. The molecule has 1 aliphatic rings. The van der Waals surface area contributed by atoms with Gasteiger partial charge in [0.25, 0.3) is 5.91 Å². The van der Waals surface area contributed by atoms with Gasteiger partial charge in [-0.25, -0.2) is 9.78 Å². The van der Waals surface area contributed by atoms with Crippen molar-refractivity contribution < 1.29 is 18.9 Å². The zero-order valence-electron chi connectivity index (χ0n) is 19.7. The van der Waals surface area contributed by atoms with E-state index in [0.29, 0.717) is 38.0 Å². The lowest BCUT2D eigenvalue weighted by Gasteiger charge is -2.33. The summed E-state index contributed by atoms with van der Waals surface area (Å²) in [6, 6.07) is 11.0. The van der Waals surface area contributed by atoms with Crippen LogP contribution in [-0.2, 0) is 22.5 Å². The first-order chi connectivity index (χ1) is 16.2. The van der Waals surface area contributed by atoms with Gasteiger partial charge >= 0.3 is 6.09 Å². The van der Waals surface area contributed by atoms with Gasteiger partial charge in [-0.05, 0) is 61.8 Å². The number of fused-ring (bicyclic) bond motifs is 1. The summed E-state index contributed by atoms with van der Waals surface area (Å²) in [6.45, 7) is 7.01. The molecule has 1 N–H and O–H groups in total. The number of nitrogens with one attached hydrogen (secondary N) is 1. The number of carbonyl (C=O) groups excluding carboxylic acids is 2. The topological polar surface area (TPSA) is 99.0 Å². The van der Waals surface area contributed by atoms with E-state index in [2.05, 4.69) is 10.3 Å². The Morgan fingerprint density at radius 1 is 1.15 bits per heavy atom. The molecule has 1 atom stereocenters. The lowest BCUT2D eigenvalue weighted by molar-refractivity contribution is 0.0217. The van der Waals surface area contributed by atoms with E-state index in [0.717, 1.165) is 16.1 Å². The Morgan fingerprint density at radius 3 is 2.53 bits per heavy atom. The Kier molecular flexibility index (Phi) is 7.13. The number of aromatic nitrogens is 2. The minimum absolute atomic E-state index is 0.00216. The molecule has 180 valence electrons. The predicted molar refractivity (Wildman–Crippen MR) is 130 cm³/mol. The van der Waals surface area contributed by atoms with Crippen LogP contribution in [0.3, 0.4) is 0 Å². The second-order valence-corrected chi connectivity index (χ2v) is 11.1. The quantitative estimate of drug-likeness (QED) is 0.558. The van der Waals surface area contributed by atoms with Crippen LogP contribution >= 0.6 is 0 Å². The average molecular weight is 483 g/mol. The van der Waals surface area contributed by atoms with E-state index in [1.165, 1.54) is 0 Å². The van der Waals surface area contributed by atoms with Gasteiger partial charge in [0.15, 0.2) is 4.90 Å². The minimum Gasteiger partial charge on any atom is -0.611 e. The predicted octanol–water partition coefficient (Wildman–Crippen LogP) is 3.77. The van der Waals surface area contributed by atoms with Gasteiger partial charge in [-0.3, -0.25) is 4.79 Å². The van der Waals surface area contributed by atoms with Gasteiger partial charge in [-0.2, -0.15) is 0 Å². The highest BCUT2D eigenvalue weighted by atomic mass is 32.2. The summed E-state index contributed by atoms with van der Waals surface area (Å²) in [5.74, 6) is -0.167. The summed E-state index contributed by atoms with van der Waals surface area (Å²) < 4.78 is 20.3. The number of amides is 2. The van der Waals surface area contributed by atoms with Crippen LogP contribution in [-0.4, -0.2) is 54.8 Å². The first kappa shape index (κ1) is 24.1. The normalized spacial score (nSPS) is 15.8. The van der Waals surface area contributed by atoms with E-state index in [9.17, 15) is 14.1 Å². The lowest BCUT2D eigenvalue weighted by Crippen LogP contribution is -2.44. The molecule has 1 fully saturated rings. The third-order valence-corrected chi connectivity index (χ3v) is 7.47. The molecule has 4 rings (SSSR count). The van der Waals surface area contributed by atoms with Crippen LogP contribution in [0.25, 0.3) is 5.65 Å². The summed E-state index contributed by atoms with van der Waals surface area (Å²) in [7, 11) is 0. The molecule has 0 spiro atoms. The fourth-order valence-corrected chi connectivity index (χ4v) is 5.28. The van der Waals surface area contributed by atoms with Crippen LogP contribution in [0.2, 0.25) is 0 Å². The van der Waals surface area contributed by atoms with E-state index < -0.39 is 16.8 Å². The average Bonchev–Trinajstić information content (AvgIpc) is 3.29. The number of ether oxygens (including phenoxy) is 1. The Morgan fingerprint density at radius 2 is 1.85 bits per heavy atom. The number of nitrogens with zero attached hydrogens (tertiary/aromatic N) is 3. The zero-order valence-corrected chi connectivity index (χ0v) is 20.5. The fraction of sp³-hybridized carbons (Fsp3) is 0.400. The van der Waals surface area contributed by atoms with E-state index in [4.69, 9.17) is 4.74 Å². The van der Waals surface area contributed by atoms with Gasteiger partial charge in [0, 0.05) is 51.1 Å². The molecule has 3 aromatic rings. The number of imidazole rings is 1. The van der Waals surface area contributed by atoms with E-state index in [1.54, 1.807) is 40.0 Å². The van der Waals surface area contributed by atoms with Gasteiger partial charge in [-0.15, -0.1) is 0 Å². The highest BCUT2D eigenvalue weighted by Gasteiger charge is 2.33. The van der Waals surface area contributed by atoms with Crippen LogP contribution < -0.4 is 5.32 Å². The molecule has 0 aliphatic carbocycles. The van der Waals surface area contributed by atoms with Crippen LogP contribution in [0.4, 0.5) is 4.79 Å². The molecule has 0 radical (unpaired) electrons. The van der Waals surface area contributed by atoms with Crippen molar-refractivity contribution in [2.75, 3.05) is 13.1 Å². The molecule has 1 unspecified atom stereocenters. The molecule has 3 heterocycles. The maximum Gasteiger partial charge on any atom is 0.410 e. The highest BCUT2D eigenvalue weighted by molar-refractivity contribution is 7.92. The van der Waals surface area contributed by atoms with E-state index >= 15 is 0 Å². The summed E-state index contributed by atoms with van der Waals surface area (Å²) in [5.41, 5.74) is 1.75. The molecule has 1 aliphatic heterocycles. The van der Waals surface area contributed by atoms with Crippen molar-refractivity contribution in [1.82, 2.24) is 19.6 Å². The van der Waals surface area contributed by atoms with E-state index in [1.807, 2.05) is 45.0 Å². The van der Waals surface area contributed by atoms with Crippen molar-refractivity contribution in [2.24, 2.45) is 0 Å². The molecule has 34 heavy (non-hydrogen) atoms. The van der Waals surface area contributed by atoms with Crippen molar-refractivity contribution in [2.45, 2.75) is 55.9 Å². The summed E-state index contributed by atoms with van der Waals surface area (Å²) in [4.78, 5) is 31.3. The van der Waals surface area contributed by atoms with Crippen LogP contribution in [0.5, 0.6) is 0 Å². The number of hydrogen-bond donors (Lipinski definition) is 1. The maximum absolute atomic E-state index is 13.1. The zero-order chi connectivity index (χ0) is 24.3. The summed E-state index contributed by atoms with van der Waals surface area (Å²) >= 11 is -1.15. The first-order valence-electron chi connectivity index (χ1n) is 11.4. The standard InChI is InChI=1S/C25H30N4O4S/c1-25(2,3)33-24(31)28-13-10-21(11-14-28)34(32)20-7-4-18(5-8-20)16-27-23(30)19-6-9-22-26-12-15-29(22)17-19/h4-9,12,15,17,21H,10-11,13-14,16H2,1-3H3,(H,27,30). The second kappa shape index (κ2) is 10.1. The minimum atomic E-state index is -1.15. The Balaban J connectivity index is 1.27. The molecule has 1 aromatic carbocycles. The van der Waals surface area contributed by atoms with Crippen molar-refractivity contribution in [3.63, 3.8) is 0 Å². The third kappa shape index (κ3) is 5.90. The first-order valence-corrected chi connectivity index (χ1v) is 12.6. The highest BCUT2D eigenvalue weighted by Crippen LogP contribution is 2.26. The Bertz CT molecular complexity index is 1150. The van der Waals surface area contributed by atoms with Gasteiger partial charge in [0.2, 0.25) is 0 Å². The Hall–Kier alpha value is -3.04. The van der Waals surface area contributed by atoms with Gasteiger partial charge in [0.1, 0.15) is 16.5 Å². The molecule has 1 saturated heterocycles. The smallest absolute Gasteiger partial charge is 0.410 e. The van der Waals surface area contributed by atoms with Gasteiger partial charge < -0.3 is 23.9 Å². The third-order valence-electron chi connectivity index (χ3n) is 5.66. The van der Waals surface area contributed by atoms with Crippen molar-refractivity contribution in [1.29, 1.82) is 0 Å². The number of carbonyl (C=O) groups is 2. The molecular formula is C25H30N4O4S. The number of rotatable bonds is 5. The van der Waals surface area contributed by atoms with Crippen LogP contribution in [0, 0.1) is 0 Å². The van der Waals surface area contributed by atoms with E-state index in [-0.39, 0.29) is 17.3 Å². The largest absolute Gasteiger partial charge is 0.611 e. The van der Waals surface area contributed by atoms with Crippen molar-refractivity contribution >= 4 is 28.8 Å². The molecule has 9 heteroatoms. The molecular weight excluding hydrogens is 452 g/mol. The SMILES string of the molecule is CC(C)(C)OC(=O)N1CCC([S+]([O-])c2ccc(CNC(=O)c3ccc4nccn4c3)cc2)CC1. The second-order valence-electron chi connectivity index (χ2n) is 9.40. The fourth-order valence-electron chi connectivity index (χ4n) is 3.85. The van der Waals surface area contributed by atoms with Crippen molar-refractivity contribution in [3.05, 3.63) is 66.1 Å². The van der Waals surface area contributed by atoms with Crippen LogP contribution in [0.15, 0.2) is 59.9 Å². The monoisotopic (exact) mass is 482 g/mol. The molecule has 8 nitrogen and oxygen atoms in total. The number of likely N-dealkylation sites (tertiary alicyclic amines) is 1. The summed E-state index contributed by atoms with van der Waals surface area (Å²) in [5, 5.41) is 2.92. The maximum atomic E-state index is 13.1. The van der Waals surface area contributed by atoms with Gasteiger partial charge in [-0.1, -0.05) is 12.1 Å². The molecule has 0 bridgehead atoms. The van der Waals surface area contributed by atoms with Crippen LogP contribution in [0.1, 0.15) is 49.5 Å². The summed E-state index contributed by atoms with van der Waals surface area (Å²) in [6.07, 6.45) is 6.26. The van der Waals surface area contributed by atoms with Crippen molar-refractivity contribution in [3.8, 4) is 0 Å². The number of pyridine rings is 1. The Labute approximate surface area is 202 Å². The number of benzene rings is 1. The van der Waals surface area contributed by atoms with Gasteiger partial charge in [0.05, 0.1) is 5.56 Å².